The molecule has 3 nitrogen and oxygen atoms in total. The standard InChI is InChI=1S/C16H29NO2Si/c1-5-9-13-12-17-14(10-11-15(17)18)16(13)19-20(6-2,7-3)8-4/h5,9,13-14,16H,6-8,10-12H2,1-4H3/b9-5+/t13-,14-,16-/m0/s1. The van der Waals surface area contributed by atoms with Crippen molar-refractivity contribution in [2.24, 2.45) is 5.92 Å². The molecule has 2 saturated heterocycles. The van der Waals surface area contributed by atoms with E-state index in [1.54, 1.807) is 0 Å². The van der Waals surface area contributed by atoms with Crippen molar-refractivity contribution in [1.82, 2.24) is 4.90 Å². The number of hydrogen-bond donors (Lipinski definition) is 0. The second-order valence-electron chi connectivity index (χ2n) is 6.17. The summed E-state index contributed by atoms with van der Waals surface area (Å²) < 4.78 is 6.77. The smallest absolute Gasteiger partial charge is 0.223 e. The fraction of sp³-hybridized carbons (Fsp3) is 0.812. The lowest BCUT2D eigenvalue weighted by molar-refractivity contribution is -0.128. The van der Waals surface area contributed by atoms with Gasteiger partial charge in [-0.3, -0.25) is 4.79 Å². The van der Waals surface area contributed by atoms with Crippen LogP contribution in [-0.2, 0) is 9.22 Å². The molecule has 0 aliphatic carbocycles. The van der Waals surface area contributed by atoms with Gasteiger partial charge in [0, 0.05) is 18.9 Å². The molecule has 2 fully saturated rings. The molecule has 1 amide bonds. The van der Waals surface area contributed by atoms with Crippen LogP contribution in [0.3, 0.4) is 0 Å². The average Bonchev–Trinajstić information content (AvgIpc) is 2.98. The lowest BCUT2D eigenvalue weighted by atomic mass is 9.99. The molecule has 0 spiro atoms. The van der Waals surface area contributed by atoms with Crippen LogP contribution in [0.1, 0.15) is 40.5 Å². The van der Waals surface area contributed by atoms with Crippen LogP contribution in [0.2, 0.25) is 18.1 Å². The van der Waals surface area contributed by atoms with Gasteiger partial charge in [-0.1, -0.05) is 32.9 Å². The summed E-state index contributed by atoms with van der Waals surface area (Å²) in [7, 11) is -1.61. The van der Waals surface area contributed by atoms with E-state index in [9.17, 15) is 4.79 Å². The Hall–Kier alpha value is -0.613. The van der Waals surface area contributed by atoms with E-state index in [1.807, 2.05) is 0 Å². The van der Waals surface area contributed by atoms with Crippen molar-refractivity contribution in [1.29, 1.82) is 0 Å². The van der Waals surface area contributed by atoms with Crippen LogP contribution in [0.25, 0.3) is 0 Å². The van der Waals surface area contributed by atoms with Crippen molar-refractivity contribution in [2.75, 3.05) is 6.54 Å². The summed E-state index contributed by atoms with van der Waals surface area (Å²) in [5, 5.41) is 0. The van der Waals surface area contributed by atoms with Gasteiger partial charge in [0.1, 0.15) is 0 Å². The second kappa shape index (κ2) is 6.44. The molecule has 2 aliphatic rings. The maximum atomic E-state index is 12.0. The fourth-order valence-corrected chi connectivity index (χ4v) is 6.73. The predicted octanol–water partition coefficient (Wildman–Crippen LogP) is 3.57. The van der Waals surface area contributed by atoms with Crippen LogP contribution in [0.15, 0.2) is 12.2 Å². The molecule has 0 N–H and O–H groups in total. The van der Waals surface area contributed by atoms with E-state index in [1.165, 1.54) is 18.1 Å². The summed E-state index contributed by atoms with van der Waals surface area (Å²) in [6, 6.07) is 3.87. The number of fused-ring (bicyclic) bond motifs is 1. The van der Waals surface area contributed by atoms with Crippen molar-refractivity contribution in [3.05, 3.63) is 12.2 Å². The Morgan fingerprint density at radius 3 is 2.50 bits per heavy atom. The quantitative estimate of drug-likeness (QED) is 0.554. The summed E-state index contributed by atoms with van der Waals surface area (Å²) in [6.07, 6.45) is 6.30. The minimum absolute atomic E-state index is 0.240. The fourth-order valence-electron chi connectivity index (χ4n) is 3.82. The molecule has 0 bridgehead atoms. The zero-order valence-electron chi connectivity index (χ0n) is 13.4. The maximum Gasteiger partial charge on any atom is 0.223 e. The number of carbonyl (C=O) groups is 1. The van der Waals surface area contributed by atoms with Crippen LogP contribution < -0.4 is 0 Å². The molecule has 0 aromatic carbocycles. The Bertz CT molecular complexity index is 370. The van der Waals surface area contributed by atoms with Crippen LogP contribution >= 0.6 is 0 Å². The number of nitrogens with zero attached hydrogens (tertiary/aromatic N) is 1. The molecular weight excluding hydrogens is 266 g/mol. The second-order valence-corrected chi connectivity index (χ2v) is 10.9. The van der Waals surface area contributed by atoms with E-state index < -0.39 is 8.32 Å². The molecule has 114 valence electrons. The third-order valence-corrected chi connectivity index (χ3v) is 9.98. The van der Waals surface area contributed by atoms with E-state index in [2.05, 4.69) is 44.7 Å². The molecule has 2 heterocycles. The summed E-state index contributed by atoms with van der Waals surface area (Å²) in [6.45, 7) is 9.75. The number of amides is 1. The lowest BCUT2D eigenvalue weighted by Crippen LogP contribution is -2.45. The van der Waals surface area contributed by atoms with E-state index in [-0.39, 0.29) is 6.10 Å². The summed E-state index contributed by atoms with van der Waals surface area (Å²) >= 11 is 0. The molecule has 2 rings (SSSR count). The highest BCUT2D eigenvalue weighted by Gasteiger charge is 2.49. The Morgan fingerprint density at radius 2 is 1.95 bits per heavy atom. The van der Waals surface area contributed by atoms with E-state index in [0.717, 1.165) is 13.0 Å². The van der Waals surface area contributed by atoms with Gasteiger partial charge in [-0.2, -0.15) is 0 Å². The SMILES string of the molecule is C/C=C/[C@H]1CN2C(=O)CC[C@H]2[C@H]1O[Si](CC)(CC)CC. The lowest BCUT2D eigenvalue weighted by Gasteiger charge is -2.35. The Kier molecular flexibility index (Phi) is 5.08. The van der Waals surface area contributed by atoms with Gasteiger partial charge in [0.2, 0.25) is 5.91 Å². The zero-order valence-corrected chi connectivity index (χ0v) is 14.4. The van der Waals surface area contributed by atoms with Crippen molar-refractivity contribution < 1.29 is 9.22 Å². The zero-order chi connectivity index (χ0) is 14.8. The summed E-state index contributed by atoms with van der Waals surface area (Å²) in [5.74, 6) is 0.721. The Balaban J connectivity index is 2.19. The number of carbonyl (C=O) groups excluding carboxylic acids is 1. The largest absolute Gasteiger partial charge is 0.411 e. The first-order valence-electron chi connectivity index (χ1n) is 8.20. The van der Waals surface area contributed by atoms with Gasteiger partial charge in [0.15, 0.2) is 8.32 Å². The van der Waals surface area contributed by atoms with Gasteiger partial charge in [-0.25, -0.2) is 0 Å². The first-order valence-corrected chi connectivity index (χ1v) is 10.7. The Labute approximate surface area is 124 Å². The van der Waals surface area contributed by atoms with Crippen molar-refractivity contribution in [2.45, 2.75) is 70.8 Å². The molecule has 2 aliphatic heterocycles. The molecule has 0 aromatic rings. The van der Waals surface area contributed by atoms with Gasteiger partial charge in [-0.15, -0.1) is 0 Å². The molecule has 20 heavy (non-hydrogen) atoms. The van der Waals surface area contributed by atoms with Gasteiger partial charge in [0.05, 0.1) is 12.1 Å². The molecule has 0 radical (unpaired) electrons. The van der Waals surface area contributed by atoms with E-state index in [0.29, 0.717) is 24.3 Å². The third-order valence-electron chi connectivity index (χ3n) is 5.34. The number of hydrogen-bond acceptors (Lipinski definition) is 2. The first kappa shape index (κ1) is 15.8. The number of rotatable bonds is 6. The van der Waals surface area contributed by atoms with Crippen LogP contribution in [0.5, 0.6) is 0 Å². The first-order chi connectivity index (χ1) is 9.60. The molecule has 0 aromatic heterocycles. The van der Waals surface area contributed by atoms with E-state index in [4.69, 9.17) is 4.43 Å². The summed E-state index contributed by atoms with van der Waals surface area (Å²) in [4.78, 5) is 14.1. The molecule has 0 unspecified atom stereocenters. The third kappa shape index (κ3) is 2.73. The average molecular weight is 295 g/mol. The van der Waals surface area contributed by atoms with Gasteiger partial charge >= 0.3 is 0 Å². The van der Waals surface area contributed by atoms with Crippen LogP contribution in [0.4, 0.5) is 0 Å². The van der Waals surface area contributed by atoms with Gasteiger partial charge < -0.3 is 9.33 Å². The highest BCUT2D eigenvalue weighted by molar-refractivity contribution is 6.73. The minimum Gasteiger partial charge on any atom is -0.411 e. The van der Waals surface area contributed by atoms with Gasteiger partial charge in [-0.05, 0) is 31.5 Å². The predicted molar refractivity (Wildman–Crippen MR) is 85.1 cm³/mol. The molecule has 0 saturated carbocycles. The Morgan fingerprint density at radius 1 is 1.30 bits per heavy atom. The highest BCUT2D eigenvalue weighted by Crippen LogP contribution is 2.38. The van der Waals surface area contributed by atoms with Crippen LogP contribution in [0, 0.1) is 5.92 Å². The topological polar surface area (TPSA) is 29.5 Å². The van der Waals surface area contributed by atoms with Crippen molar-refractivity contribution >= 4 is 14.2 Å². The summed E-state index contributed by atoms with van der Waals surface area (Å²) in [5.41, 5.74) is 0. The van der Waals surface area contributed by atoms with Gasteiger partial charge in [0.25, 0.3) is 0 Å². The normalized spacial score (nSPS) is 30.5. The monoisotopic (exact) mass is 295 g/mol. The molecule has 3 atom stereocenters. The van der Waals surface area contributed by atoms with E-state index >= 15 is 0 Å². The maximum absolute atomic E-state index is 12.0. The highest BCUT2D eigenvalue weighted by atomic mass is 28.4. The number of allylic oxidation sites excluding steroid dienone is 1. The van der Waals surface area contributed by atoms with Crippen molar-refractivity contribution in [3.8, 4) is 0 Å². The van der Waals surface area contributed by atoms with Crippen molar-refractivity contribution in [3.63, 3.8) is 0 Å². The minimum atomic E-state index is -1.61. The molecular formula is C16H29NO2Si. The molecule has 4 heteroatoms. The van der Waals surface area contributed by atoms with Crippen LogP contribution in [-0.4, -0.2) is 37.8 Å².